The zero-order valence-corrected chi connectivity index (χ0v) is 17.8. The van der Waals surface area contributed by atoms with Crippen molar-refractivity contribution in [3.8, 4) is 0 Å². The van der Waals surface area contributed by atoms with E-state index in [4.69, 9.17) is 0 Å². The van der Waals surface area contributed by atoms with E-state index in [1.165, 1.54) is 0 Å². The number of amides is 1. The third-order valence-corrected chi connectivity index (χ3v) is 5.28. The molecule has 1 amide bonds. The van der Waals surface area contributed by atoms with E-state index in [9.17, 15) is 9.18 Å². The molecular weight excluding hydrogens is 357 g/mol. The van der Waals surface area contributed by atoms with E-state index in [0.717, 1.165) is 44.5 Å². The Hall–Kier alpha value is -2.15. The lowest BCUT2D eigenvalue weighted by Gasteiger charge is -2.26. The van der Waals surface area contributed by atoms with Crippen molar-refractivity contribution in [3.63, 3.8) is 0 Å². The lowest BCUT2D eigenvalue weighted by Crippen LogP contribution is -2.44. The molecule has 1 fully saturated rings. The lowest BCUT2D eigenvalue weighted by molar-refractivity contribution is -0.133. The Morgan fingerprint density at radius 2 is 2.18 bits per heavy atom. The predicted octanol–water partition coefficient (Wildman–Crippen LogP) is 2.30. The number of carbonyl (C=O) groups excluding carboxylic acids is 1. The third kappa shape index (κ3) is 5.92. The largest absolute Gasteiger partial charge is 0.356 e. The molecule has 0 radical (unpaired) electrons. The summed E-state index contributed by atoms with van der Waals surface area (Å²) < 4.78 is 13.8. The Balaban J connectivity index is 1.78. The summed E-state index contributed by atoms with van der Waals surface area (Å²) in [7, 11) is 5.36. The second-order valence-electron chi connectivity index (χ2n) is 7.65. The fourth-order valence-corrected chi connectivity index (χ4v) is 3.52. The van der Waals surface area contributed by atoms with Gasteiger partial charge in [0.2, 0.25) is 5.91 Å². The number of hydrogen-bond donors (Lipinski definition) is 2. The summed E-state index contributed by atoms with van der Waals surface area (Å²) in [4.78, 5) is 20.5. The molecule has 2 unspecified atom stereocenters. The quantitative estimate of drug-likeness (QED) is 0.425. The Morgan fingerprint density at radius 3 is 2.82 bits per heavy atom. The van der Waals surface area contributed by atoms with Crippen LogP contribution in [0.25, 0.3) is 0 Å². The topological polar surface area (TPSA) is 60.0 Å². The second kappa shape index (κ2) is 10.4. The van der Waals surface area contributed by atoms with Gasteiger partial charge in [0.1, 0.15) is 5.82 Å². The lowest BCUT2D eigenvalue weighted by atomic mass is 10.1. The van der Waals surface area contributed by atoms with Gasteiger partial charge in [-0.3, -0.25) is 14.7 Å². The Bertz CT molecular complexity index is 691. The van der Waals surface area contributed by atoms with Gasteiger partial charge in [0, 0.05) is 34.2 Å². The van der Waals surface area contributed by atoms with Crippen LogP contribution in [-0.4, -0.2) is 68.5 Å². The minimum absolute atomic E-state index is 0.0175. The molecule has 156 valence electrons. The van der Waals surface area contributed by atoms with Crippen LogP contribution in [0.2, 0.25) is 0 Å². The maximum Gasteiger partial charge on any atom is 0.239 e. The first-order chi connectivity index (χ1) is 13.3. The number of aryl methyl sites for hydroxylation is 1. The van der Waals surface area contributed by atoms with E-state index in [1.807, 2.05) is 27.1 Å². The minimum Gasteiger partial charge on any atom is -0.356 e. The molecular formula is C21H34FN5O. The predicted molar refractivity (Wildman–Crippen MR) is 112 cm³/mol. The monoisotopic (exact) mass is 391 g/mol. The summed E-state index contributed by atoms with van der Waals surface area (Å²) in [5, 5.41) is 6.61. The van der Waals surface area contributed by atoms with E-state index < -0.39 is 0 Å². The van der Waals surface area contributed by atoms with Gasteiger partial charge >= 0.3 is 0 Å². The van der Waals surface area contributed by atoms with Crippen LogP contribution < -0.4 is 10.6 Å². The average molecular weight is 392 g/mol. The molecule has 7 heteroatoms. The maximum atomic E-state index is 13.8. The first-order valence-corrected chi connectivity index (χ1v) is 10.0. The van der Waals surface area contributed by atoms with Gasteiger partial charge in [0.25, 0.3) is 0 Å². The van der Waals surface area contributed by atoms with E-state index in [0.29, 0.717) is 11.5 Å². The number of nitrogens with zero attached hydrogens (tertiary/aromatic N) is 3. The van der Waals surface area contributed by atoms with Crippen molar-refractivity contribution in [2.45, 2.75) is 45.2 Å². The number of nitrogens with one attached hydrogen (secondary N) is 2. The van der Waals surface area contributed by atoms with Gasteiger partial charge in [-0.1, -0.05) is 12.1 Å². The summed E-state index contributed by atoms with van der Waals surface area (Å²) in [6.45, 7) is 6.36. The highest BCUT2D eigenvalue weighted by Crippen LogP contribution is 2.19. The number of aliphatic imine (C=N–C) groups is 1. The van der Waals surface area contributed by atoms with Crippen LogP contribution in [0.5, 0.6) is 0 Å². The molecule has 2 N–H and O–H groups in total. The van der Waals surface area contributed by atoms with Crippen LogP contribution in [0.4, 0.5) is 4.39 Å². The molecule has 0 spiro atoms. The number of guanidine groups is 1. The zero-order chi connectivity index (χ0) is 20.7. The summed E-state index contributed by atoms with van der Waals surface area (Å²) in [6.07, 6.45) is 2.94. The highest BCUT2D eigenvalue weighted by molar-refractivity contribution is 5.81. The summed E-state index contributed by atoms with van der Waals surface area (Å²) in [5.74, 6) is 0.694. The summed E-state index contributed by atoms with van der Waals surface area (Å²) >= 11 is 0. The van der Waals surface area contributed by atoms with Crippen molar-refractivity contribution < 1.29 is 9.18 Å². The standard InChI is InChI=1S/C21H34FN5O/c1-15-9-10-17(14-18(15)22)16(2)25-21(23-3)24-11-7-13-27-12-6-8-19(27)20(28)26(4)5/h9-10,14,16,19H,6-8,11-13H2,1-5H3,(H2,23,24,25). The smallest absolute Gasteiger partial charge is 0.239 e. The van der Waals surface area contributed by atoms with Gasteiger partial charge in [-0.25, -0.2) is 4.39 Å². The van der Waals surface area contributed by atoms with Gasteiger partial charge in [-0.2, -0.15) is 0 Å². The SMILES string of the molecule is CN=C(NCCCN1CCCC1C(=O)N(C)C)NC(C)c1ccc(C)c(F)c1. The maximum absolute atomic E-state index is 13.8. The number of hydrogen-bond acceptors (Lipinski definition) is 3. The van der Waals surface area contributed by atoms with E-state index in [-0.39, 0.29) is 23.8 Å². The number of benzene rings is 1. The molecule has 1 aromatic carbocycles. The van der Waals surface area contributed by atoms with Crippen molar-refractivity contribution in [3.05, 3.63) is 35.1 Å². The van der Waals surface area contributed by atoms with E-state index in [2.05, 4.69) is 20.5 Å². The highest BCUT2D eigenvalue weighted by atomic mass is 19.1. The number of likely N-dealkylation sites (N-methyl/N-ethyl adjacent to an activating group) is 1. The highest BCUT2D eigenvalue weighted by Gasteiger charge is 2.30. The molecule has 0 bridgehead atoms. The van der Waals surface area contributed by atoms with Crippen LogP contribution >= 0.6 is 0 Å². The normalized spacial score (nSPS) is 18.8. The first-order valence-electron chi connectivity index (χ1n) is 10.0. The van der Waals surface area contributed by atoms with E-state index in [1.54, 1.807) is 31.0 Å². The van der Waals surface area contributed by atoms with Gasteiger partial charge in [0.05, 0.1) is 12.1 Å². The molecule has 0 saturated carbocycles. The van der Waals surface area contributed by atoms with Crippen LogP contribution in [0.1, 0.15) is 43.4 Å². The molecule has 1 aliphatic rings. The Morgan fingerprint density at radius 1 is 1.43 bits per heavy atom. The molecule has 1 aromatic rings. The van der Waals surface area contributed by atoms with Crippen LogP contribution in [0, 0.1) is 12.7 Å². The van der Waals surface area contributed by atoms with Gasteiger partial charge < -0.3 is 15.5 Å². The molecule has 1 aliphatic heterocycles. The molecule has 0 aliphatic carbocycles. The second-order valence-corrected chi connectivity index (χ2v) is 7.65. The van der Waals surface area contributed by atoms with Crippen molar-refractivity contribution in [2.24, 2.45) is 4.99 Å². The van der Waals surface area contributed by atoms with Crippen LogP contribution in [-0.2, 0) is 4.79 Å². The zero-order valence-electron chi connectivity index (χ0n) is 17.8. The Labute approximate surface area is 168 Å². The van der Waals surface area contributed by atoms with Gasteiger partial charge in [-0.15, -0.1) is 0 Å². The fourth-order valence-electron chi connectivity index (χ4n) is 3.52. The number of likely N-dealkylation sites (tertiary alicyclic amines) is 1. The van der Waals surface area contributed by atoms with Gasteiger partial charge in [0.15, 0.2) is 5.96 Å². The third-order valence-electron chi connectivity index (χ3n) is 5.28. The molecule has 1 heterocycles. The number of halogens is 1. The first kappa shape index (κ1) is 22.1. The molecule has 0 aromatic heterocycles. The molecule has 2 atom stereocenters. The van der Waals surface area contributed by atoms with Crippen LogP contribution in [0.15, 0.2) is 23.2 Å². The minimum atomic E-state index is -0.193. The molecule has 2 rings (SSSR count). The number of rotatable bonds is 7. The van der Waals surface area contributed by atoms with Crippen molar-refractivity contribution in [1.82, 2.24) is 20.4 Å². The Kier molecular flexibility index (Phi) is 8.23. The fraction of sp³-hybridized carbons (Fsp3) is 0.619. The van der Waals surface area contributed by atoms with Crippen molar-refractivity contribution >= 4 is 11.9 Å². The number of carbonyl (C=O) groups is 1. The van der Waals surface area contributed by atoms with Gasteiger partial charge in [-0.05, 0) is 56.8 Å². The summed E-state index contributed by atoms with van der Waals surface area (Å²) in [6, 6.07) is 5.25. The van der Waals surface area contributed by atoms with Crippen LogP contribution in [0.3, 0.4) is 0 Å². The van der Waals surface area contributed by atoms with Crippen molar-refractivity contribution in [2.75, 3.05) is 40.8 Å². The molecule has 6 nitrogen and oxygen atoms in total. The molecule has 1 saturated heterocycles. The van der Waals surface area contributed by atoms with Crippen molar-refractivity contribution in [1.29, 1.82) is 0 Å². The average Bonchev–Trinajstić information content (AvgIpc) is 3.13. The summed E-state index contributed by atoms with van der Waals surface area (Å²) in [5.41, 5.74) is 1.53. The molecule has 28 heavy (non-hydrogen) atoms. The van der Waals surface area contributed by atoms with E-state index >= 15 is 0 Å².